The topological polar surface area (TPSA) is 46.5 Å². The lowest BCUT2D eigenvalue weighted by molar-refractivity contribution is 0.0696. The highest BCUT2D eigenvalue weighted by atomic mass is 35.5. The molecular weight excluding hydrogens is 251 g/mol. The first-order chi connectivity index (χ1) is 7.59. The van der Waals surface area contributed by atoms with Crippen molar-refractivity contribution in [3.05, 3.63) is 27.7 Å². The van der Waals surface area contributed by atoms with Crippen LogP contribution in [0.3, 0.4) is 0 Å². The van der Waals surface area contributed by atoms with E-state index in [0.717, 1.165) is 12.8 Å². The summed E-state index contributed by atoms with van der Waals surface area (Å²) in [6.07, 6.45) is 2.33. The number of hydrogen-bond donors (Lipinski definition) is 1. The second-order valence-corrected chi connectivity index (χ2v) is 4.58. The largest absolute Gasteiger partial charge is 0.492 e. The Labute approximate surface area is 103 Å². The van der Waals surface area contributed by atoms with Crippen molar-refractivity contribution >= 4 is 29.2 Å². The molecule has 1 saturated carbocycles. The van der Waals surface area contributed by atoms with Crippen LogP contribution in [0.4, 0.5) is 0 Å². The molecule has 1 N–H and O–H groups in total. The van der Waals surface area contributed by atoms with Gasteiger partial charge < -0.3 is 9.84 Å². The molecule has 5 heteroatoms. The van der Waals surface area contributed by atoms with Gasteiger partial charge in [-0.15, -0.1) is 0 Å². The Morgan fingerprint density at radius 2 is 2.12 bits per heavy atom. The predicted molar refractivity (Wildman–Crippen MR) is 61.6 cm³/mol. The Morgan fingerprint density at radius 3 is 2.69 bits per heavy atom. The zero-order valence-electron chi connectivity index (χ0n) is 8.37. The van der Waals surface area contributed by atoms with Crippen LogP contribution in [0.25, 0.3) is 0 Å². The number of aromatic carboxylic acids is 1. The van der Waals surface area contributed by atoms with Crippen molar-refractivity contribution in [2.75, 3.05) is 6.61 Å². The normalized spacial score (nSPS) is 14.9. The molecule has 1 aromatic carbocycles. The van der Waals surface area contributed by atoms with Crippen molar-refractivity contribution < 1.29 is 14.6 Å². The summed E-state index contributed by atoms with van der Waals surface area (Å²) in [6.45, 7) is 0.584. The fourth-order valence-electron chi connectivity index (χ4n) is 1.33. The molecule has 1 aliphatic carbocycles. The van der Waals surface area contributed by atoms with Gasteiger partial charge in [-0.2, -0.15) is 0 Å². The van der Waals surface area contributed by atoms with Crippen LogP contribution < -0.4 is 4.74 Å². The maximum Gasteiger partial charge on any atom is 0.338 e. The summed E-state index contributed by atoms with van der Waals surface area (Å²) in [5.41, 5.74) is -0.100. The summed E-state index contributed by atoms with van der Waals surface area (Å²) in [4.78, 5) is 10.9. The molecule has 0 spiro atoms. The summed E-state index contributed by atoms with van der Waals surface area (Å²) in [5.74, 6) is -0.178. The van der Waals surface area contributed by atoms with Gasteiger partial charge in [0.2, 0.25) is 0 Å². The van der Waals surface area contributed by atoms with E-state index in [2.05, 4.69) is 0 Å². The van der Waals surface area contributed by atoms with Gasteiger partial charge in [0.25, 0.3) is 0 Å². The van der Waals surface area contributed by atoms with E-state index in [9.17, 15) is 4.79 Å². The molecule has 0 amide bonds. The Bertz CT molecular complexity index is 427. The van der Waals surface area contributed by atoms with E-state index in [4.69, 9.17) is 33.0 Å². The first kappa shape index (κ1) is 11.6. The fraction of sp³-hybridized carbons (Fsp3) is 0.364. The minimum atomic E-state index is -1.15. The Balaban J connectivity index is 2.23. The van der Waals surface area contributed by atoms with Crippen LogP contribution in [-0.4, -0.2) is 17.7 Å². The van der Waals surface area contributed by atoms with Crippen LogP contribution in [-0.2, 0) is 0 Å². The Kier molecular flexibility index (Phi) is 3.26. The molecule has 86 valence electrons. The van der Waals surface area contributed by atoms with Gasteiger partial charge >= 0.3 is 5.97 Å². The molecule has 1 aliphatic rings. The lowest BCUT2D eigenvalue weighted by Crippen LogP contribution is -2.04. The minimum absolute atomic E-state index is 0.0700. The molecule has 0 unspecified atom stereocenters. The average molecular weight is 261 g/mol. The highest BCUT2D eigenvalue weighted by Crippen LogP contribution is 2.35. The Morgan fingerprint density at radius 1 is 1.44 bits per heavy atom. The highest BCUT2D eigenvalue weighted by Gasteiger charge is 2.23. The molecule has 1 fully saturated rings. The molecule has 0 radical (unpaired) electrons. The van der Waals surface area contributed by atoms with Gasteiger partial charge in [-0.25, -0.2) is 4.79 Å². The van der Waals surface area contributed by atoms with E-state index in [1.165, 1.54) is 6.07 Å². The number of rotatable bonds is 4. The maximum absolute atomic E-state index is 10.9. The first-order valence-electron chi connectivity index (χ1n) is 4.93. The van der Waals surface area contributed by atoms with Crippen molar-refractivity contribution in [1.82, 2.24) is 0 Å². The standard InChI is InChI=1S/C11H10Cl2O3/c12-7-3-4-8(16-5-6-1-2-6)10(13)9(7)11(14)15/h3-4,6H,1-2,5H2,(H,14,15). The number of hydrogen-bond acceptors (Lipinski definition) is 2. The number of ether oxygens (including phenoxy) is 1. The molecular formula is C11H10Cl2O3. The van der Waals surface area contributed by atoms with Crippen LogP contribution in [0.5, 0.6) is 5.75 Å². The molecule has 0 aliphatic heterocycles. The Hall–Kier alpha value is -0.930. The lowest BCUT2D eigenvalue weighted by atomic mass is 10.2. The third-order valence-electron chi connectivity index (χ3n) is 2.44. The van der Waals surface area contributed by atoms with Gasteiger partial charge in [0.1, 0.15) is 11.3 Å². The number of halogens is 2. The van der Waals surface area contributed by atoms with Crippen molar-refractivity contribution in [3.63, 3.8) is 0 Å². The van der Waals surface area contributed by atoms with Crippen LogP contribution in [0.2, 0.25) is 10.0 Å². The summed E-state index contributed by atoms with van der Waals surface area (Å²) in [5, 5.41) is 9.13. The summed E-state index contributed by atoms with van der Waals surface area (Å²) >= 11 is 11.7. The van der Waals surface area contributed by atoms with Crippen LogP contribution in [0.1, 0.15) is 23.2 Å². The van der Waals surface area contributed by atoms with Gasteiger partial charge in [-0.3, -0.25) is 0 Å². The smallest absolute Gasteiger partial charge is 0.338 e. The number of carboxylic acid groups (broad SMARTS) is 1. The van der Waals surface area contributed by atoms with Gasteiger partial charge in [-0.1, -0.05) is 23.2 Å². The van der Waals surface area contributed by atoms with Crippen LogP contribution >= 0.6 is 23.2 Å². The zero-order chi connectivity index (χ0) is 11.7. The summed E-state index contributed by atoms with van der Waals surface area (Å²) in [6, 6.07) is 3.08. The monoisotopic (exact) mass is 260 g/mol. The second-order valence-electron chi connectivity index (χ2n) is 3.79. The maximum atomic E-state index is 10.9. The fourth-order valence-corrected chi connectivity index (χ4v) is 1.92. The van der Waals surface area contributed by atoms with E-state index in [1.54, 1.807) is 6.07 Å². The van der Waals surface area contributed by atoms with Crippen LogP contribution in [0.15, 0.2) is 12.1 Å². The van der Waals surface area contributed by atoms with Gasteiger partial charge in [-0.05, 0) is 30.9 Å². The highest BCUT2D eigenvalue weighted by molar-refractivity contribution is 6.40. The molecule has 0 atom stereocenters. The molecule has 16 heavy (non-hydrogen) atoms. The molecule has 0 heterocycles. The van der Waals surface area contributed by atoms with Crippen molar-refractivity contribution in [2.45, 2.75) is 12.8 Å². The number of benzene rings is 1. The van der Waals surface area contributed by atoms with Gasteiger partial charge in [0.15, 0.2) is 0 Å². The predicted octanol–water partition coefficient (Wildman–Crippen LogP) is 3.48. The number of carboxylic acids is 1. The third kappa shape index (κ3) is 2.42. The summed E-state index contributed by atoms with van der Waals surface area (Å²) in [7, 11) is 0. The zero-order valence-corrected chi connectivity index (χ0v) is 9.88. The van der Waals surface area contributed by atoms with Crippen molar-refractivity contribution in [2.24, 2.45) is 5.92 Å². The van der Waals surface area contributed by atoms with E-state index < -0.39 is 5.97 Å². The average Bonchev–Trinajstić information content (AvgIpc) is 3.00. The van der Waals surface area contributed by atoms with E-state index in [0.29, 0.717) is 18.3 Å². The third-order valence-corrected chi connectivity index (χ3v) is 3.13. The SMILES string of the molecule is O=C(O)c1c(Cl)ccc(OCC2CC2)c1Cl. The van der Waals surface area contributed by atoms with Gasteiger partial charge in [0.05, 0.1) is 16.7 Å². The minimum Gasteiger partial charge on any atom is -0.492 e. The molecule has 1 aromatic rings. The van der Waals surface area contributed by atoms with E-state index >= 15 is 0 Å². The molecule has 2 rings (SSSR count). The summed E-state index contributed by atoms with van der Waals surface area (Å²) < 4.78 is 5.45. The molecule has 0 saturated heterocycles. The van der Waals surface area contributed by atoms with Gasteiger partial charge in [0, 0.05) is 0 Å². The van der Waals surface area contributed by atoms with Crippen LogP contribution in [0, 0.1) is 5.92 Å². The van der Waals surface area contributed by atoms with Crippen molar-refractivity contribution in [1.29, 1.82) is 0 Å². The quantitative estimate of drug-likeness (QED) is 0.902. The first-order valence-corrected chi connectivity index (χ1v) is 5.69. The van der Waals surface area contributed by atoms with E-state index in [-0.39, 0.29) is 15.6 Å². The molecule has 0 bridgehead atoms. The number of carbonyl (C=O) groups is 1. The second kappa shape index (κ2) is 4.52. The van der Waals surface area contributed by atoms with E-state index in [1.807, 2.05) is 0 Å². The molecule has 0 aromatic heterocycles. The lowest BCUT2D eigenvalue weighted by Gasteiger charge is -2.10. The van der Waals surface area contributed by atoms with Crippen molar-refractivity contribution in [3.8, 4) is 5.75 Å². The molecule has 3 nitrogen and oxygen atoms in total.